The van der Waals surface area contributed by atoms with Crippen LogP contribution in [-0.2, 0) is 6.42 Å². The third-order valence-electron chi connectivity index (χ3n) is 3.41. The molecule has 0 bridgehead atoms. The summed E-state index contributed by atoms with van der Waals surface area (Å²) in [5.41, 5.74) is 8.29. The quantitative estimate of drug-likeness (QED) is 0.892. The third-order valence-corrected chi connectivity index (χ3v) is 3.41. The van der Waals surface area contributed by atoms with Gasteiger partial charge in [-0.15, -0.1) is 0 Å². The van der Waals surface area contributed by atoms with Crippen molar-refractivity contribution in [1.82, 2.24) is 0 Å². The first-order valence-corrected chi connectivity index (χ1v) is 6.53. The maximum atomic E-state index is 12.6. The minimum atomic E-state index is -4.16. The molecule has 0 saturated heterocycles. The van der Waals surface area contributed by atoms with Crippen LogP contribution in [-0.4, -0.2) is 25.3 Å². The molecule has 1 saturated carbocycles. The minimum Gasteiger partial charge on any atom is -0.360 e. The van der Waals surface area contributed by atoms with E-state index in [9.17, 15) is 13.2 Å². The molecule has 0 atom stereocenters. The van der Waals surface area contributed by atoms with E-state index in [1.807, 2.05) is 19.1 Å². The van der Waals surface area contributed by atoms with Gasteiger partial charge >= 0.3 is 6.18 Å². The number of nitrogens with two attached hydrogens (primary N) is 1. The highest BCUT2D eigenvalue weighted by Gasteiger charge is 2.38. The SMILES string of the molecule is Cc1cc(N(CC(F)(F)F)C2CC2)ccc1CCN. The summed E-state index contributed by atoms with van der Waals surface area (Å²) in [6.07, 6.45) is -1.71. The summed E-state index contributed by atoms with van der Waals surface area (Å²) in [6, 6.07) is 5.56. The highest BCUT2D eigenvalue weighted by atomic mass is 19.4. The molecular weight excluding hydrogens is 253 g/mol. The first-order valence-electron chi connectivity index (χ1n) is 6.53. The smallest absolute Gasteiger partial charge is 0.360 e. The molecule has 1 aromatic rings. The average molecular weight is 272 g/mol. The van der Waals surface area contributed by atoms with Crippen LogP contribution in [0.1, 0.15) is 24.0 Å². The van der Waals surface area contributed by atoms with Gasteiger partial charge in [-0.25, -0.2) is 0 Å². The van der Waals surface area contributed by atoms with E-state index in [0.717, 1.165) is 30.4 Å². The Morgan fingerprint density at radius 2 is 2.00 bits per heavy atom. The van der Waals surface area contributed by atoms with Gasteiger partial charge in [-0.3, -0.25) is 0 Å². The van der Waals surface area contributed by atoms with Gasteiger partial charge in [-0.1, -0.05) is 6.07 Å². The number of aryl methyl sites for hydroxylation is 1. The van der Waals surface area contributed by atoms with Crippen LogP contribution in [0, 0.1) is 6.92 Å². The zero-order valence-electron chi connectivity index (χ0n) is 11.0. The number of hydrogen-bond donors (Lipinski definition) is 1. The van der Waals surface area contributed by atoms with Crippen LogP contribution in [0.4, 0.5) is 18.9 Å². The Balaban J connectivity index is 2.20. The van der Waals surface area contributed by atoms with Gasteiger partial charge in [0.2, 0.25) is 0 Å². The Kier molecular flexibility index (Phi) is 4.04. The Morgan fingerprint density at radius 1 is 1.32 bits per heavy atom. The maximum Gasteiger partial charge on any atom is 0.405 e. The topological polar surface area (TPSA) is 29.3 Å². The molecule has 2 N–H and O–H groups in total. The average Bonchev–Trinajstić information content (AvgIpc) is 3.12. The van der Waals surface area contributed by atoms with E-state index in [0.29, 0.717) is 12.2 Å². The molecule has 0 heterocycles. The van der Waals surface area contributed by atoms with Gasteiger partial charge in [-0.2, -0.15) is 13.2 Å². The number of alkyl halides is 3. The van der Waals surface area contributed by atoms with E-state index in [4.69, 9.17) is 5.73 Å². The van der Waals surface area contributed by atoms with Gasteiger partial charge in [0.1, 0.15) is 6.54 Å². The van der Waals surface area contributed by atoms with Crippen molar-refractivity contribution in [2.24, 2.45) is 5.73 Å². The first kappa shape index (κ1) is 14.2. The van der Waals surface area contributed by atoms with Crippen LogP contribution in [0.25, 0.3) is 0 Å². The molecule has 19 heavy (non-hydrogen) atoms. The van der Waals surface area contributed by atoms with Gasteiger partial charge in [0.25, 0.3) is 0 Å². The second-order valence-electron chi connectivity index (χ2n) is 5.12. The molecule has 2 nitrogen and oxygen atoms in total. The van der Waals surface area contributed by atoms with Crippen LogP contribution in [0.5, 0.6) is 0 Å². The van der Waals surface area contributed by atoms with E-state index in [2.05, 4.69) is 0 Å². The van der Waals surface area contributed by atoms with E-state index < -0.39 is 12.7 Å². The van der Waals surface area contributed by atoms with Crippen molar-refractivity contribution in [2.45, 2.75) is 38.4 Å². The van der Waals surface area contributed by atoms with Gasteiger partial charge in [0, 0.05) is 11.7 Å². The largest absolute Gasteiger partial charge is 0.405 e. The predicted molar refractivity (Wildman–Crippen MR) is 70.4 cm³/mol. The second-order valence-corrected chi connectivity index (χ2v) is 5.12. The fourth-order valence-corrected chi connectivity index (χ4v) is 2.31. The van der Waals surface area contributed by atoms with Crippen molar-refractivity contribution >= 4 is 5.69 Å². The fraction of sp³-hybridized carbons (Fsp3) is 0.571. The third kappa shape index (κ3) is 3.86. The number of halogens is 3. The van der Waals surface area contributed by atoms with Crippen LogP contribution in [0.3, 0.4) is 0 Å². The van der Waals surface area contributed by atoms with Gasteiger partial charge < -0.3 is 10.6 Å². The summed E-state index contributed by atoms with van der Waals surface area (Å²) in [5.74, 6) is 0. The van der Waals surface area contributed by atoms with Crippen molar-refractivity contribution in [3.8, 4) is 0 Å². The van der Waals surface area contributed by atoms with Crippen molar-refractivity contribution in [3.05, 3.63) is 29.3 Å². The van der Waals surface area contributed by atoms with Crippen molar-refractivity contribution in [1.29, 1.82) is 0 Å². The van der Waals surface area contributed by atoms with Crippen molar-refractivity contribution < 1.29 is 13.2 Å². The Bertz CT molecular complexity index is 439. The molecule has 1 aliphatic rings. The van der Waals surface area contributed by atoms with E-state index in [1.54, 1.807) is 6.07 Å². The van der Waals surface area contributed by atoms with E-state index in [1.165, 1.54) is 4.90 Å². The number of hydrogen-bond acceptors (Lipinski definition) is 2. The summed E-state index contributed by atoms with van der Waals surface area (Å²) >= 11 is 0. The summed E-state index contributed by atoms with van der Waals surface area (Å²) in [5, 5.41) is 0. The molecule has 0 aliphatic heterocycles. The lowest BCUT2D eigenvalue weighted by molar-refractivity contribution is -0.120. The van der Waals surface area contributed by atoms with Crippen molar-refractivity contribution in [3.63, 3.8) is 0 Å². The molecule has 0 aromatic heterocycles. The number of benzene rings is 1. The highest BCUT2D eigenvalue weighted by molar-refractivity contribution is 5.52. The zero-order valence-corrected chi connectivity index (χ0v) is 11.0. The molecule has 0 spiro atoms. The Morgan fingerprint density at radius 3 is 2.47 bits per heavy atom. The van der Waals surface area contributed by atoms with Gasteiger partial charge in [0.05, 0.1) is 0 Å². The molecule has 2 rings (SSSR count). The van der Waals surface area contributed by atoms with Crippen molar-refractivity contribution in [2.75, 3.05) is 18.0 Å². The fourth-order valence-electron chi connectivity index (χ4n) is 2.31. The molecule has 0 radical (unpaired) electrons. The number of anilines is 1. The zero-order chi connectivity index (χ0) is 14.0. The van der Waals surface area contributed by atoms with Crippen LogP contribution in [0.2, 0.25) is 0 Å². The predicted octanol–water partition coefficient (Wildman–Crippen LogP) is 3.03. The van der Waals surface area contributed by atoms with E-state index >= 15 is 0 Å². The Hall–Kier alpha value is -1.23. The minimum absolute atomic E-state index is 0.0429. The molecule has 1 aliphatic carbocycles. The summed E-state index contributed by atoms with van der Waals surface area (Å²) in [6.45, 7) is 1.61. The van der Waals surface area contributed by atoms with Gasteiger partial charge in [-0.05, 0) is 56.0 Å². The standard InChI is InChI=1S/C14H19F3N2/c1-10-8-13(3-2-11(10)6-7-18)19(12-4-5-12)9-14(15,16)17/h2-3,8,12H,4-7,9,18H2,1H3. The molecule has 1 aromatic carbocycles. The molecule has 106 valence electrons. The molecular formula is C14H19F3N2. The number of nitrogens with zero attached hydrogens (tertiary/aromatic N) is 1. The van der Waals surface area contributed by atoms with Gasteiger partial charge in [0.15, 0.2) is 0 Å². The molecule has 1 fully saturated rings. The molecule has 0 amide bonds. The maximum absolute atomic E-state index is 12.6. The van der Waals surface area contributed by atoms with Crippen LogP contribution in [0.15, 0.2) is 18.2 Å². The lowest BCUT2D eigenvalue weighted by Gasteiger charge is -2.26. The lowest BCUT2D eigenvalue weighted by atomic mass is 10.0. The summed E-state index contributed by atoms with van der Waals surface area (Å²) in [4.78, 5) is 1.47. The number of rotatable bonds is 5. The monoisotopic (exact) mass is 272 g/mol. The summed E-state index contributed by atoms with van der Waals surface area (Å²) in [7, 11) is 0. The highest BCUT2D eigenvalue weighted by Crippen LogP contribution is 2.35. The Labute approximate surface area is 111 Å². The van der Waals surface area contributed by atoms with Crippen LogP contribution >= 0.6 is 0 Å². The molecule has 0 unspecified atom stereocenters. The lowest BCUT2D eigenvalue weighted by Crippen LogP contribution is -2.36. The normalized spacial score (nSPS) is 15.6. The molecule has 5 heteroatoms. The second kappa shape index (κ2) is 5.41. The first-order chi connectivity index (χ1) is 8.90. The summed E-state index contributed by atoms with van der Waals surface area (Å²) < 4.78 is 37.9. The van der Waals surface area contributed by atoms with Crippen LogP contribution < -0.4 is 10.6 Å². The van der Waals surface area contributed by atoms with E-state index in [-0.39, 0.29) is 6.04 Å².